The molecule has 24 heavy (non-hydrogen) atoms. The van der Waals surface area contributed by atoms with Crippen molar-refractivity contribution in [1.29, 1.82) is 5.26 Å². The first-order valence-corrected chi connectivity index (χ1v) is 9.43. The van der Waals surface area contributed by atoms with E-state index in [1.165, 1.54) is 0 Å². The highest BCUT2D eigenvalue weighted by molar-refractivity contribution is 7.88. The Balaban J connectivity index is 1.80. The molecule has 0 aromatic heterocycles. The summed E-state index contributed by atoms with van der Waals surface area (Å²) >= 11 is 0. The third-order valence-electron chi connectivity index (χ3n) is 3.92. The van der Waals surface area contributed by atoms with Crippen LogP contribution in [-0.2, 0) is 15.8 Å². The number of sulfonamides is 1. The number of rotatable bonds is 4. The van der Waals surface area contributed by atoms with Crippen LogP contribution in [0.5, 0.6) is 5.75 Å². The number of hydrogen-bond donors (Lipinski definition) is 1. The lowest BCUT2D eigenvalue weighted by molar-refractivity contribution is 0.316. The molecular formula is C18H18N2O3S. The van der Waals surface area contributed by atoms with Gasteiger partial charge in [0.2, 0.25) is 10.0 Å². The number of para-hydroxylation sites is 1. The standard InChI is InChI=1S/C18H18N2O3S/c19-12-14-5-3-6-15(11-14)13-24(21,22)20-17-8-4-10-23-18-9-2-1-7-16(17)18/h1-3,5-7,9,11,17,20H,4,8,10,13H2/t17-/m1/s1. The van der Waals surface area contributed by atoms with Gasteiger partial charge in [-0.25, -0.2) is 13.1 Å². The molecule has 0 amide bonds. The molecule has 0 radical (unpaired) electrons. The molecule has 1 heterocycles. The SMILES string of the molecule is N#Cc1cccc(CS(=O)(=O)N[C@@H]2CCCOc3ccccc32)c1. The van der Waals surface area contributed by atoms with Gasteiger partial charge >= 0.3 is 0 Å². The summed E-state index contributed by atoms with van der Waals surface area (Å²) in [4.78, 5) is 0. The molecule has 6 heteroatoms. The molecular weight excluding hydrogens is 324 g/mol. The first kappa shape index (κ1) is 16.5. The lowest BCUT2D eigenvalue weighted by Gasteiger charge is -2.18. The smallest absolute Gasteiger partial charge is 0.216 e. The minimum absolute atomic E-state index is 0.151. The van der Waals surface area contributed by atoms with Crippen molar-refractivity contribution in [1.82, 2.24) is 4.72 Å². The number of ether oxygens (including phenoxy) is 1. The number of nitriles is 1. The Hall–Kier alpha value is -2.36. The van der Waals surface area contributed by atoms with Gasteiger partial charge in [0.25, 0.3) is 0 Å². The molecule has 2 aromatic carbocycles. The maximum Gasteiger partial charge on any atom is 0.216 e. The number of nitrogens with one attached hydrogen (secondary N) is 1. The van der Waals surface area contributed by atoms with Gasteiger partial charge < -0.3 is 4.74 Å². The Kier molecular flexibility index (Phi) is 4.84. The zero-order chi connectivity index (χ0) is 17.0. The van der Waals surface area contributed by atoms with Crippen LogP contribution >= 0.6 is 0 Å². The number of nitrogens with zero attached hydrogens (tertiary/aromatic N) is 1. The van der Waals surface area contributed by atoms with E-state index in [4.69, 9.17) is 10.00 Å². The lowest BCUT2D eigenvalue weighted by Crippen LogP contribution is -2.29. The van der Waals surface area contributed by atoms with Crippen LogP contribution in [0.3, 0.4) is 0 Å². The number of fused-ring (bicyclic) bond motifs is 1. The number of benzene rings is 2. The Morgan fingerprint density at radius 1 is 1.21 bits per heavy atom. The van der Waals surface area contributed by atoms with Gasteiger partial charge in [0.05, 0.1) is 30.0 Å². The molecule has 1 atom stereocenters. The van der Waals surface area contributed by atoms with Crippen LogP contribution in [0.1, 0.15) is 35.6 Å². The van der Waals surface area contributed by atoms with Gasteiger partial charge in [-0.2, -0.15) is 5.26 Å². The summed E-state index contributed by atoms with van der Waals surface area (Å²) in [6, 6.07) is 15.9. The average molecular weight is 342 g/mol. The fraction of sp³-hybridized carbons (Fsp3) is 0.278. The van der Waals surface area contributed by atoms with Crippen LogP contribution in [0, 0.1) is 11.3 Å². The van der Waals surface area contributed by atoms with Gasteiger partial charge in [-0.05, 0) is 36.6 Å². The van der Waals surface area contributed by atoms with Crippen LogP contribution in [0.15, 0.2) is 48.5 Å². The molecule has 2 aromatic rings. The van der Waals surface area contributed by atoms with Gasteiger partial charge in [0, 0.05) is 5.56 Å². The zero-order valence-electron chi connectivity index (χ0n) is 13.1. The minimum Gasteiger partial charge on any atom is -0.493 e. The molecule has 124 valence electrons. The highest BCUT2D eigenvalue weighted by Crippen LogP contribution is 2.31. The molecule has 0 saturated carbocycles. The van der Waals surface area contributed by atoms with E-state index in [0.717, 1.165) is 17.7 Å². The Morgan fingerprint density at radius 2 is 2.04 bits per heavy atom. The largest absolute Gasteiger partial charge is 0.493 e. The lowest BCUT2D eigenvalue weighted by atomic mass is 10.0. The molecule has 5 nitrogen and oxygen atoms in total. The maximum absolute atomic E-state index is 12.6. The second-order valence-corrected chi connectivity index (χ2v) is 7.52. The van der Waals surface area contributed by atoms with E-state index in [2.05, 4.69) is 4.72 Å². The van der Waals surface area contributed by atoms with Crippen molar-refractivity contribution in [3.63, 3.8) is 0 Å². The third kappa shape index (κ3) is 3.94. The Morgan fingerprint density at radius 3 is 2.88 bits per heavy atom. The van der Waals surface area contributed by atoms with Crippen LogP contribution < -0.4 is 9.46 Å². The molecule has 0 spiro atoms. The third-order valence-corrected chi connectivity index (χ3v) is 5.28. The molecule has 0 unspecified atom stereocenters. The van der Waals surface area contributed by atoms with Crippen LogP contribution in [0.25, 0.3) is 0 Å². The predicted molar refractivity (Wildman–Crippen MR) is 90.8 cm³/mol. The van der Waals surface area contributed by atoms with Gasteiger partial charge in [-0.3, -0.25) is 0 Å². The Bertz CT molecular complexity index is 872. The fourth-order valence-corrected chi connectivity index (χ4v) is 4.24. The fourth-order valence-electron chi connectivity index (χ4n) is 2.86. The molecule has 0 saturated heterocycles. The van der Waals surface area contributed by atoms with Crippen molar-refractivity contribution in [2.45, 2.75) is 24.6 Å². The van der Waals surface area contributed by atoms with Crippen molar-refractivity contribution in [2.24, 2.45) is 0 Å². The maximum atomic E-state index is 12.6. The summed E-state index contributed by atoms with van der Waals surface area (Å²) in [5.41, 5.74) is 1.92. The average Bonchev–Trinajstić information content (AvgIpc) is 2.77. The van der Waals surface area contributed by atoms with Gasteiger partial charge in [-0.1, -0.05) is 30.3 Å². The van der Waals surface area contributed by atoms with Gasteiger partial charge in [0.1, 0.15) is 5.75 Å². The Labute approximate surface area is 141 Å². The first-order valence-electron chi connectivity index (χ1n) is 7.78. The quantitative estimate of drug-likeness (QED) is 0.926. The van der Waals surface area contributed by atoms with Gasteiger partial charge in [-0.15, -0.1) is 0 Å². The molecule has 1 aliphatic rings. The highest BCUT2D eigenvalue weighted by Gasteiger charge is 2.24. The molecule has 1 N–H and O–H groups in total. The predicted octanol–water partition coefficient (Wildman–Crippen LogP) is 2.89. The molecule has 0 bridgehead atoms. The van der Waals surface area contributed by atoms with E-state index in [9.17, 15) is 8.42 Å². The summed E-state index contributed by atoms with van der Waals surface area (Å²) in [5.74, 6) is 0.580. The highest BCUT2D eigenvalue weighted by atomic mass is 32.2. The van der Waals surface area contributed by atoms with E-state index >= 15 is 0 Å². The van der Waals surface area contributed by atoms with E-state index in [1.807, 2.05) is 30.3 Å². The summed E-state index contributed by atoms with van der Waals surface area (Å²) < 4.78 is 33.6. The monoisotopic (exact) mass is 342 g/mol. The molecule has 3 rings (SSSR count). The molecule has 1 aliphatic heterocycles. The summed E-state index contributed by atoms with van der Waals surface area (Å²) in [6.45, 7) is 0.583. The summed E-state index contributed by atoms with van der Waals surface area (Å²) in [7, 11) is -3.53. The van der Waals surface area contributed by atoms with E-state index in [-0.39, 0.29) is 11.8 Å². The second kappa shape index (κ2) is 7.04. The van der Waals surface area contributed by atoms with Crippen molar-refractivity contribution in [3.05, 3.63) is 65.2 Å². The minimum atomic E-state index is -3.53. The van der Waals surface area contributed by atoms with E-state index in [0.29, 0.717) is 24.2 Å². The number of hydrogen-bond acceptors (Lipinski definition) is 4. The topological polar surface area (TPSA) is 79.2 Å². The molecule has 0 aliphatic carbocycles. The normalized spacial score (nSPS) is 17.2. The van der Waals surface area contributed by atoms with E-state index < -0.39 is 10.0 Å². The first-order chi connectivity index (χ1) is 11.6. The molecule has 0 fully saturated rings. The van der Waals surface area contributed by atoms with E-state index in [1.54, 1.807) is 24.3 Å². The van der Waals surface area contributed by atoms with Crippen LogP contribution in [0.4, 0.5) is 0 Å². The summed E-state index contributed by atoms with van der Waals surface area (Å²) in [6.07, 6.45) is 1.47. The zero-order valence-corrected chi connectivity index (χ0v) is 13.9. The van der Waals surface area contributed by atoms with Crippen molar-refractivity contribution >= 4 is 10.0 Å². The van der Waals surface area contributed by atoms with Crippen LogP contribution in [0.2, 0.25) is 0 Å². The van der Waals surface area contributed by atoms with Crippen molar-refractivity contribution < 1.29 is 13.2 Å². The van der Waals surface area contributed by atoms with Crippen molar-refractivity contribution in [3.8, 4) is 11.8 Å². The second-order valence-electron chi connectivity index (χ2n) is 5.77. The van der Waals surface area contributed by atoms with Crippen molar-refractivity contribution in [2.75, 3.05) is 6.61 Å². The van der Waals surface area contributed by atoms with Gasteiger partial charge in [0.15, 0.2) is 0 Å². The van der Waals surface area contributed by atoms with Crippen LogP contribution in [-0.4, -0.2) is 15.0 Å². The summed E-state index contributed by atoms with van der Waals surface area (Å²) in [5, 5.41) is 8.93.